The summed E-state index contributed by atoms with van der Waals surface area (Å²) in [6, 6.07) is 21.6. The molecule has 1 amide bonds. The van der Waals surface area contributed by atoms with Crippen LogP contribution in [0.25, 0.3) is 10.4 Å². The number of hydrogen-bond donors (Lipinski definition) is 1. The van der Waals surface area contributed by atoms with Crippen molar-refractivity contribution in [1.29, 1.82) is 0 Å². The van der Waals surface area contributed by atoms with E-state index in [0.717, 1.165) is 21.8 Å². The number of thiophene rings is 1. The van der Waals surface area contributed by atoms with Crippen LogP contribution in [0.4, 0.5) is 0 Å². The molecule has 0 saturated heterocycles. The third kappa shape index (κ3) is 3.79. The summed E-state index contributed by atoms with van der Waals surface area (Å²) in [5, 5.41) is 2.95. The molecule has 0 aliphatic heterocycles. The summed E-state index contributed by atoms with van der Waals surface area (Å²) in [4.78, 5) is 14.0. The molecule has 0 unspecified atom stereocenters. The highest BCUT2D eigenvalue weighted by Crippen LogP contribution is 2.29. The lowest BCUT2D eigenvalue weighted by molar-refractivity contribution is 0.0955. The van der Waals surface area contributed by atoms with Gasteiger partial charge in [0.1, 0.15) is 5.75 Å². The van der Waals surface area contributed by atoms with Crippen LogP contribution in [-0.4, -0.2) is 13.0 Å². The Morgan fingerprint density at radius 3 is 2.43 bits per heavy atom. The van der Waals surface area contributed by atoms with Crippen LogP contribution in [0.5, 0.6) is 5.75 Å². The maximum Gasteiger partial charge on any atom is 0.261 e. The number of amides is 1. The van der Waals surface area contributed by atoms with E-state index >= 15 is 0 Å². The van der Waals surface area contributed by atoms with Crippen LogP contribution in [0.15, 0.2) is 66.7 Å². The van der Waals surface area contributed by atoms with E-state index in [-0.39, 0.29) is 5.91 Å². The van der Waals surface area contributed by atoms with Gasteiger partial charge in [0.15, 0.2) is 0 Å². The second-order valence-electron chi connectivity index (χ2n) is 5.06. The molecule has 1 N–H and O–H groups in total. The molecular formula is C19H17NO2S. The molecule has 0 aliphatic rings. The Kier molecular flexibility index (Phi) is 4.74. The van der Waals surface area contributed by atoms with Crippen LogP contribution >= 0.6 is 11.3 Å². The van der Waals surface area contributed by atoms with Crippen LogP contribution in [0.1, 0.15) is 15.2 Å². The molecule has 23 heavy (non-hydrogen) atoms. The smallest absolute Gasteiger partial charge is 0.261 e. The summed E-state index contributed by atoms with van der Waals surface area (Å²) in [5.74, 6) is 0.782. The molecule has 116 valence electrons. The van der Waals surface area contributed by atoms with E-state index in [1.54, 1.807) is 7.11 Å². The zero-order valence-electron chi connectivity index (χ0n) is 12.8. The van der Waals surface area contributed by atoms with Crippen molar-refractivity contribution >= 4 is 17.2 Å². The van der Waals surface area contributed by atoms with E-state index < -0.39 is 0 Å². The second-order valence-corrected chi connectivity index (χ2v) is 6.14. The van der Waals surface area contributed by atoms with Gasteiger partial charge in [0.25, 0.3) is 5.91 Å². The normalized spacial score (nSPS) is 10.3. The Morgan fingerprint density at radius 1 is 1.00 bits per heavy atom. The summed E-state index contributed by atoms with van der Waals surface area (Å²) >= 11 is 1.49. The monoisotopic (exact) mass is 323 g/mol. The number of carbonyl (C=O) groups excluding carboxylic acids is 1. The number of benzene rings is 2. The lowest BCUT2D eigenvalue weighted by Crippen LogP contribution is -2.21. The molecule has 2 aromatic carbocycles. The largest absolute Gasteiger partial charge is 0.497 e. The first-order valence-electron chi connectivity index (χ1n) is 7.32. The van der Waals surface area contributed by atoms with Gasteiger partial charge in [-0.25, -0.2) is 0 Å². The predicted octanol–water partition coefficient (Wildman–Crippen LogP) is 4.35. The van der Waals surface area contributed by atoms with Crippen LogP contribution in [0, 0.1) is 0 Å². The van der Waals surface area contributed by atoms with Gasteiger partial charge in [-0.05, 0) is 47.5 Å². The molecule has 1 aromatic heterocycles. The fourth-order valence-corrected chi connectivity index (χ4v) is 3.16. The van der Waals surface area contributed by atoms with Crippen molar-refractivity contribution in [2.24, 2.45) is 0 Å². The molecule has 0 saturated carbocycles. The summed E-state index contributed by atoms with van der Waals surface area (Å²) in [6.45, 7) is 0.537. The van der Waals surface area contributed by atoms with Crippen LogP contribution < -0.4 is 10.1 Å². The average molecular weight is 323 g/mol. The van der Waals surface area contributed by atoms with Crippen LogP contribution in [0.3, 0.4) is 0 Å². The van der Waals surface area contributed by atoms with E-state index in [1.165, 1.54) is 11.3 Å². The first-order valence-corrected chi connectivity index (χ1v) is 8.14. The number of ether oxygens (including phenoxy) is 1. The van der Waals surface area contributed by atoms with E-state index in [4.69, 9.17) is 4.74 Å². The number of carbonyl (C=O) groups is 1. The zero-order valence-corrected chi connectivity index (χ0v) is 13.6. The lowest BCUT2D eigenvalue weighted by atomic mass is 10.2. The molecule has 0 atom stereocenters. The molecule has 0 bridgehead atoms. The summed E-state index contributed by atoms with van der Waals surface area (Å²) < 4.78 is 5.16. The number of hydrogen-bond acceptors (Lipinski definition) is 3. The minimum atomic E-state index is -0.0429. The first kappa shape index (κ1) is 15.3. The first-order chi connectivity index (χ1) is 11.3. The quantitative estimate of drug-likeness (QED) is 0.758. The summed E-state index contributed by atoms with van der Waals surface area (Å²) in [5.41, 5.74) is 2.17. The van der Waals surface area contributed by atoms with Crippen LogP contribution in [0.2, 0.25) is 0 Å². The van der Waals surface area contributed by atoms with Gasteiger partial charge in [-0.1, -0.05) is 30.3 Å². The summed E-state index contributed by atoms with van der Waals surface area (Å²) in [7, 11) is 1.65. The minimum Gasteiger partial charge on any atom is -0.497 e. The molecule has 4 heteroatoms. The van der Waals surface area contributed by atoms with Crippen molar-refractivity contribution in [2.45, 2.75) is 6.54 Å². The SMILES string of the molecule is COc1ccc(-c2ccc(C(=O)NCc3ccccc3)s2)cc1. The Labute approximate surface area is 139 Å². The molecule has 3 nitrogen and oxygen atoms in total. The Hall–Kier alpha value is -2.59. The predicted molar refractivity (Wildman–Crippen MR) is 93.9 cm³/mol. The molecular weight excluding hydrogens is 306 g/mol. The van der Waals surface area contributed by atoms with Gasteiger partial charge in [-0.15, -0.1) is 11.3 Å². The van der Waals surface area contributed by atoms with Crippen molar-refractivity contribution in [1.82, 2.24) is 5.32 Å². The van der Waals surface area contributed by atoms with Crippen LogP contribution in [-0.2, 0) is 6.54 Å². The number of methoxy groups -OCH3 is 1. The van der Waals surface area contributed by atoms with Gasteiger partial charge < -0.3 is 10.1 Å². The van der Waals surface area contributed by atoms with E-state index in [2.05, 4.69) is 5.32 Å². The highest BCUT2D eigenvalue weighted by molar-refractivity contribution is 7.17. The van der Waals surface area contributed by atoms with Gasteiger partial charge in [-0.3, -0.25) is 4.79 Å². The maximum absolute atomic E-state index is 12.2. The van der Waals surface area contributed by atoms with Crippen molar-refractivity contribution in [3.8, 4) is 16.2 Å². The second kappa shape index (κ2) is 7.11. The highest BCUT2D eigenvalue weighted by Gasteiger charge is 2.10. The van der Waals surface area contributed by atoms with E-state index in [1.807, 2.05) is 66.7 Å². The molecule has 0 aliphatic carbocycles. The maximum atomic E-state index is 12.2. The number of nitrogens with one attached hydrogen (secondary N) is 1. The standard InChI is InChI=1S/C19H17NO2S/c1-22-16-9-7-15(8-10-16)17-11-12-18(23-17)19(21)20-13-14-5-3-2-4-6-14/h2-12H,13H2,1H3,(H,20,21). The molecule has 1 heterocycles. The third-order valence-electron chi connectivity index (χ3n) is 3.50. The molecule has 0 spiro atoms. The van der Waals surface area contributed by atoms with E-state index in [0.29, 0.717) is 11.4 Å². The molecule has 0 fully saturated rings. The molecule has 3 aromatic rings. The van der Waals surface area contributed by atoms with Gasteiger partial charge in [-0.2, -0.15) is 0 Å². The van der Waals surface area contributed by atoms with Crippen molar-refractivity contribution < 1.29 is 9.53 Å². The van der Waals surface area contributed by atoms with Gasteiger partial charge in [0.2, 0.25) is 0 Å². The minimum absolute atomic E-state index is 0.0429. The van der Waals surface area contributed by atoms with Crippen molar-refractivity contribution in [2.75, 3.05) is 7.11 Å². The fourth-order valence-electron chi connectivity index (χ4n) is 2.24. The topological polar surface area (TPSA) is 38.3 Å². The van der Waals surface area contributed by atoms with Gasteiger partial charge in [0, 0.05) is 11.4 Å². The molecule has 3 rings (SSSR count). The van der Waals surface area contributed by atoms with Gasteiger partial charge in [0.05, 0.1) is 12.0 Å². The van der Waals surface area contributed by atoms with Gasteiger partial charge >= 0.3 is 0 Å². The molecule has 0 radical (unpaired) electrons. The van der Waals surface area contributed by atoms with Crippen molar-refractivity contribution in [3.05, 3.63) is 77.2 Å². The number of rotatable bonds is 5. The Balaban J connectivity index is 1.67. The third-order valence-corrected chi connectivity index (χ3v) is 4.63. The average Bonchev–Trinajstić information content (AvgIpc) is 3.11. The zero-order chi connectivity index (χ0) is 16.1. The highest BCUT2D eigenvalue weighted by atomic mass is 32.1. The summed E-state index contributed by atoms with van der Waals surface area (Å²) in [6.07, 6.45) is 0. The van der Waals surface area contributed by atoms with Crippen molar-refractivity contribution in [3.63, 3.8) is 0 Å². The Morgan fingerprint density at radius 2 is 1.74 bits per heavy atom. The Bertz CT molecular complexity index is 779. The van der Waals surface area contributed by atoms with E-state index in [9.17, 15) is 4.79 Å². The lowest BCUT2D eigenvalue weighted by Gasteiger charge is -2.03. The fraction of sp³-hybridized carbons (Fsp3) is 0.105.